The van der Waals surface area contributed by atoms with Crippen LogP contribution in [0.3, 0.4) is 0 Å². The number of nitrogens with zero attached hydrogens (tertiary/aromatic N) is 4. The summed E-state index contributed by atoms with van der Waals surface area (Å²) in [5.41, 5.74) is 5.43. The summed E-state index contributed by atoms with van der Waals surface area (Å²) >= 11 is 0. The van der Waals surface area contributed by atoms with E-state index in [4.69, 9.17) is 0 Å². The average Bonchev–Trinajstić information content (AvgIpc) is 3.09. The number of nitrogens with one attached hydrogen (secondary N) is 1. The number of hydrogen-bond donors (Lipinski definition) is 2. The summed E-state index contributed by atoms with van der Waals surface area (Å²) in [6.45, 7) is 2.55. The van der Waals surface area contributed by atoms with Gasteiger partial charge >= 0.3 is 0 Å². The van der Waals surface area contributed by atoms with E-state index >= 15 is 0 Å². The highest BCUT2D eigenvalue weighted by molar-refractivity contribution is 5.65. The van der Waals surface area contributed by atoms with Gasteiger partial charge in [0.05, 0.1) is 0 Å². The van der Waals surface area contributed by atoms with Crippen LogP contribution in [0.15, 0.2) is 60.7 Å². The van der Waals surface area contributed by atoms with Gasteiger partial charge in [-0.15, -0.1) is 15.3 Å². The van der Waals surface area contributed by atoms with Crippen LogP contribution in [0.25, 0.3) is 16.8 Å². The van der Waals surface area contributed by atoms with Gasteiger partial charge < -0.3 is 10.4 Å². The maximum Gasteiger partial charge on any atom is 0.180 e. The largest absolute Gasteiger partial charge is 0.388 e. The normalized spacial score (nSPS) is 11.0. The molecular weight excluding hydrogens is 326 g/mol. The Labute approximate surface area is 151 Å². The van der Waals surface area contributed by atoms with E-state index in [1.165, 1.54) is 16.7 Å². The van der Waals surface area contributed by atoms with Gasteiger partial charge in [0.15, 0.2) is 11.5 Å². The van der Waals surface area contributed by atoms with Gasteiger partial charge in [-0.1, -0.05) is 48.0 Å². The molecule has 2 N–H and O–H groups in total. The Morgan fingerprint density at radius 3 is 2.58 bits per heavy atom. The van der Waals surface area contributed by atoms with Gasteiger partial charge in [0.2, 0.25) is 0 Å². The average molecular weight is 345 g/mol. The zero-order chi connectivity index (χ0) is 17.9. The molecule has 0 aliphatic rings. The molecule has 0 saturated carbocycles. The molecule has 0 radical (unpaired) electrons. The van der Waals surface area contributed by atoms with Gasteiger partial charge in [0.1, 0.15) is 12.4 Å². The molecule has 2 aromatic heterocycles. The summed E-state index contributed by atoms with van der Waals surface area (Å²) in [6, 6.07) is 20.6. The summed E-state index contributed by atoms with van der Waals surface area (Å²) in [5, 5.41) is 24.9. The molecule has 26 heavy (non-hydrogen) atoms. The van der Waals surface area contributed by atoms with E-state index in [2.05, 4.69) is 76.1 Å². The van der Waals surface area contributed by atoms with E-state index in [1.54, 1.807) is 4.52 Å². The van der Waals surface area contributed by atoms with Crippen LogP contribution in [0.2, 0.25) is 0 Å². The predicted octanol–water partition coefficient (Wildman–Crippen LogP) is 3.20. The van der Waals surface area contributed by atoms with Crippen molar-refractivity contribution in [3.8, 4) is 11.1 Å². The van der Waals surface area contributed by atoms with Crippen molar-refractivity contribution in [1.29, 1.82) is 0 Å². The molecular formula is C20H19N5O. The fourth-order valence-corrected chi connectivity index (χ4v) is 2.90. The molecule has 0 bridgehead atoms. The highest BCUT2D eigenvalue weighted by atomic mass is 16.3. The number of rotatable bonds is 5. The van der Waals surface area contributed by atoms with Crippen molar-refractivity contribution in [2.45, 2.75) is 20.1 Å². The number of aliphatic hydroxyl groups is 1. The van der Waals surface area contributed by atoms with Crippen LogP contribution in [0.5, 0.6) is 0 Å². The fourth-order valence-electron chi connectivity index (χ4n) is 2.90. The lowest BCUT2D eigenvalue weighted by Gasteiger charge is -2.09. The Morgan fingerprint density at radius 1 is 0.962 bits per heavy atom. The third-order valence-corrected chi connectivity index (χ3v) is 4.22. The third kappa shape index (κ3) is 3.27. The number of aryl methyl sites for hydroxylation is 1. The summed E-state index contributed by atoms with van der Waals surface area (Å²) in [7, 11) is 0. The standard InChI is InChI=1S/C20H19N5O/c1-14-4-2-6-16(10-14)17-7-3-5-15(11-17)12-21-18-8-9-19-22-23-20(13-26)25(19)24-18/h2-11,26H,12-13H2,1H3,(H,21,24). The van der Waals surface area contributed by atoms with E-state index in [-0.39, 0.29) is 6.61 Å². The van der Waals surface area contributed by atoms with Crippen LogP contribution in [0.4, 0.5) is 5.82 Å². The molecule has 2 aromatic carbocycles. The van der Waals surface area contributed by atoms with Gasteiger partial charge in [-0.2, -0.15) is 4.52 Å². The van der Waals surface area contributed by atoms with Crippen LogP contribution in [0.1, 0.15) is 17.0 Å². The van der Waals surface area contributed by atoms with Crippen molar-refractivity contribution in [2.24, 2.45) is 0 Å². The van der Waals surface area contributed by atoms with Crippen molar-refractivity contribution >= 4 is 11.5 Å². The molecule has 0 fully saturated rings. The molecule has 0 aliphatic carbocycles. The smallest absolute Gasteiger partial charge is 0.180 e. The molecule has 2 heterocycles. The fraction of sp³-hybridized carbons (Fsp3) is 0.150. The van der Waals surface area contributed by atoms with Crippen LogP contribution in [-0.2, 0) is 13.2 Å². The van der Waals surface area contributed by atoms with Crippen molar-refractivity contribution in [1.82, 2.24) is 19.8 Å². The summed E-state index contributed by atoms with van der Waals surface area (Å²) in [5.74, 6) is 1.12. The van der Waals surface area contributed by atoms with Crippen LogP contribution >= 0.6 is 0 Å². The summed E-state index contributed by atoms with van der Waals surface area (Å²) in [4.78, 5) is 0. The Balaban J connectivity index is 1.54. The molecule has 0 atom stereocenters. The first kappa shape index (κ1) is 16.2. The second kappa shape index (κ2) is 6.93. The minimum absolute atomic E-state index is 0.198. The molecule has 0 saturated heterocycles. The predicted molar refractivity (Wildman–Crippen MR) is 101 cm³/mol. The minimum atomic E-state index is -0.198. The summed E-state index contributed by atoms with van der Waals surface area (Å²) < 4.78 is 1.55. The molecule has 0 amide bonds. The molecule has 4 rings (SSSR count). The Hall–Kier alpha value is -3.25. The molecule has 0 spiro atoms. The van der Waals surface area contributed by atoms with Crippen LogP contribution < -0.4 is 5.32 Å². The highest BCUT2D eigenvalue weighted by Crippen LogP contribution is 2.22. The maximum atomic E-state index is 9.30. The lowest BCUT2D eigenvalue weighted by molar-refractivity contribution is 0.268. The zero-order valence-corrected chi connectivity index (χ0v) is 14.4. The van der Waals surface area contributed by atoms with Gasteiger partial charge in [-0.3, -0.25) is 0 Å². The molecule has 4 aromatic rings. The number of aromatic nitrogens is 4. The Morgan fingerprint density at radius 2 is 1.77 bits per heavy atom. The SMILES string of the molecule is Cc1cccc(-c2cccc(CNc3ccc4nnc(CO)n4n3)c2)c1. The Bertz CT molecular complexity index is 1060. The van der Waals surface area contributed by atoms with Gasteiger partial charge in [-0.05, 0) is 41.8 Å². The molecule has 6 heteroatoms. The number of anilines is 1. The topological polar surface area (TPSA) is 75.3 Å². The van der Waals surface area contributed by atoms with Crippen molar-refractivity contribution in [3.63, 3.8) is 0 Å². The van der Waals surface area contributed by atoms with E-state index in [0.717, 1.165) is 5.56 Å². The van der Waals surface area contributed by atoms with Gasteiger partial charge in [0, 0.05) is 6.54 Å². The summed E-state index contributed by atoms with van der Waals surface area (Å²) in [6.07, 6.45) is 0. The second-order valence-corrected chi connectivity index (χ2v) is 6.19. The maximum absolute atomic E-state index is 9.30. The zero-order valence-electron chi connectivity index (χ0n) is 14.4. The van der Waals surface area contributed by atoms with Crippen molar-refractivity contribution in [3.05, 3.63) is 77.6 Å². The first-order valence-corrected chi connectivity index (χ1v) is 8.45. The lowest BCUT2D eigenvalue weighted by Crippen LogP contribution is -2.06. The molecule has 6 nitrogen and oxygen atoms in total. The first-order chi connectivity index (χ1) is 12.7. The molecule has 130 valence electrons. The lowest BCUT2D eigenvalue weighted by atomic mass is 10.0. The number of hydrogen-bond acceptors (Lipinski definition) is 5. The van der Waals surface area contributed by atoms with E-state index in [1.807, 2.05) is 12.1 Å². The van der Waals surface area contributed by atoms with Gasteiger partial charge in [0.25, 0.3) is 0 Å². The quantitative estimate of drug-likeness (QED) is 0.581. The highest BCUT2D eigenvalue weighted by Gasteiger charge is 2.06. The monoisotopic (exact) mass is 345 g/mol. The Kier molecular flexibility index (Phi) is 4.33. The van der Waals surface area contributed by atoms with Gasteiger partial charge in [-0.25, -0.2) is 0 Å². The van der Waals surface area contributed by atoms with E-state index in [9.17, 15) is 5.11 Å². The van der Waals surface area contributed by atoms with Crippen LogP contribution in [0, 0.1) is 6.92 Å². The van der Waals surface area contributed by atoms with Crippen molar-refractivity contribution in [2.75, 3.05) is 5.32 Å². The number of benzene rings is 2. The minimum Gasteiger partial charge on any atom is -0.388 e. The first-order valence-electron chi connectivity index (χ1n) is 8.45. The van der Waals surface area contributed by atoms with E-state index in [0.29, 0.717) is 23.8 Å². The second-order valence-electron chi connectivity index (χ2n) is 6.19. The van der Waals surface area contributed by atoms with E-state index < -0.39 is 0 Å². The van der Waals surface area contributed by atoms with Crippen molar-refractivity contribution < 1.29 is 5.11 Å². The number of fused-ring (bicyclic) bond motifs is 1. The number of aliphatic hydroxyl groups excluding tert-OH is 1. The third-order valence-electron chi connectivity index (χ3n) is 4.22. The van der Waals surface area contributed by atoms with Crippen LogP contribution in [-0.4, -0.2) is 24.9 Å². The molecule has 0 aliphatic heterocycles. The molecule has 0 unspecified atom stereocenters.